The van der Waals surface area contributed by atoms with Crippen molar-refractivity contribution in [2.24, 2.45) is 0 Å². The second-order valence-electron chi connectivity index (χ2n) is 7.55. The van der Waals surface area contributed by atoms with Crippen molar-refractivity contribution >= 4 is 27.0 Å². The van der Waals surface area contributed by atoms with Gasteiger partial charge in [0.05, 0.1) is 17.6 Å². The second kappa shape index (κ2) is 8.13. The lowest BCUT2D eigenvalue weighted by molar-refractivity contribution is 0.381. The molecule has 5 rings (SSSR count). The first-order chi connectivity index (χ1) is 15.1. The van der Waals surface area contributed by atoms with Gasteiger partial charge in [-0.25, -0.2) is 13.4 Å². The summed E-state index contributed by atoms with van der Waals surface area (Å²) < 4.78 is 29.6. The van der Waals surface area contributed by atoms with Gasteiger partial charge >= 0.3 is 0 Å². The van der Waals surface area contributed by atoms with E-state index in [0.29, 0.717) is 32.7 Å². The monoisotopic (exact) mass is 433 g/mol. The minimum absolute atomic E-state index is 0.236. The fourth-order valence-corrected chi connectivity index (χ4v) is 5.39. The molecule has 3 heterocycles. The van der Waals surface area contributed by atoms with Crippen LogP contribution < -0.4 is 4.90 Å². The zero-order valence-corrected chi connectivity index (χ0v) is 17.8. The number of benzene rings is 2. The van der Waals surface area contributed by atoms with Crippen LogP contribution in [-0.2, 0) is 16.6 Å². The van der Waals surface area contributed by atoms with Gasteiger partial charge in [0, 0.05) is 38.6 Å². The third kappa shape index (κ3) is 3.80. The smallest absolute Gasteiger partial charge is 0.244 e. The maximum absolute atomic E-state index is 12.9. The molecule has 1 saturated heterocycles. The lowest BCUT2D eigenvalue weighted by atomic mass is 10.2. The fourth-order valence-electron chi connectivity index (χ4n) is 4.00. The third-order valence-corrected chi connectivity index (χ3v) is 7.49. The summed E-state index contributed by atoms with van der Waals surface area (Å²) in [5.41, 5.74) is 3.22. The zero-order chi connectivity index (χ0) is 21.3. The lowest BCUT2D eigenvalue weighted by Crippen LogP contribution is -2.49. The van der Waals surface area contributed by atoms with E-state index < -0.39 is 10.0 Å². The summed E-state index contributed by atoms with van der Waals surface area (Å²) >= 11 is 0. The van der Waals surface area contributed by atoms with E-state index in [2.05, 4.69) is 32.7 Å². The van der Waals surface area contributed by atoms with E-state index in [9.17, 15) is 8.42 Å². The van der Waals surface area contributed by atoms with Gasteiger partial charge in [-0.1, -0.05) is 42.5 Å². The number of imidazole rings is 1. The van der Waals surface area contributed by atoms with Crippen molar-refractivity contribution in [2.45, 2.75) is 11.4 Å². The highest BCUT2D eigenvalue weighted by Gasteiger charge is 2.30. The third-order valence-electron chi connectivity index (χ3n) is 5.61. The Balaban J connectivity index is 1.42. The van der Waals surface area contributed by atoms with E-state index in [1.165, 1.54) is 16.1 Å². The summed E-state index contributed by atoms with van der Waals surface area (Å²) in [4.78, 5) is 11.3. The van der Waals surface area contributed by atoms with Gasteiger partial charge < -0.3 is 9.47 Å². The molecule has 0 saturated carbocycles. The standard InChI is InChI=1S/C23H23N5O2S/c29-31(30,20-9-6-12-24-17-20)27-15-13-26(14-16-27)23-25-21-10-4-5-11-22(21)28(23)18-19-7-2-1-3-8-19/h1-12,17H,13-16,18H2. The molecule has 0 aliphatic carbocycles. The molecular formula is C23H23N5O2S. The first-order valence-electron chi connectivity index (χ1n) is 10.3. The van der Waals surface area contributed by atoms with E-state index in [0.717, 1.165) is 17.0 Å². The van der Waals surface area contributed by atoms with Gasteiger partial charge in [0.2, 0.25) is 16.0 Å². The molecule has 0 atom stereocenters. The van der Waals surface area contributed by atoms with Crippen LogP contribution in [0.15, 0.2) is 84.0 Å². The largest absolute Gasteiger partial charge is 0.340 e. The van der Waals surface area contributed by atoms with Crippen LogP contribution in [0.5, 0.6) is 0 Å². The fraction of sp³-hybridized carbons (Fsp3) is 0.217. The number of nitrogens with zero attached hydrogens (tertiary/aromatic N) is 5. The summed E-state index contributed by atoms with van der Waals surface area (Å²) in [5, 5.41) is 0. The maximum Gasteiger partial charge on any atom is 0.244 e. The Morgan fingerprint density at radius 3 is 2.32 bits per heavy atom. The first-order valence-corrected chi connectivity index (χ1v) is 11.7. The number of pyridine rings is 1. The lowest BCUT2D eigenvalue weighted by Gasteiger charge is -2.34. The molecule has 4 aromatic rings. The number of para-hydroxylation sites is 2. The maximum atomic E-state index is 12.9. The van der Waals surface area contributed by atoms with E-state index in [-0.39, 0.29) is 4.90 Å². The second-order valence-corrected chi connectivity index (χ2v) is 9.49. The summed E-state index contributed by atoms with van der Waals surface area (Å²) in [6.07, 6.45) is 2.98. The molecule has 0 bridgehead atoms. The Hall–Kier alpha value is -3.23. The van der Waals surface area contributed by atoms with E-state index >= 15 is 0 Å². The van der Waals surface area contributed by atoms with Gasteiger partial charge in [-0.15, -0.1) is 0 Å². The zero-order valence-electron chi connectivity index (χ0n) is 17.0. The van der Waals surface area contributed by atoms with Gasteiger partial charge in [0.25, 0.3) is 0 Å². The number of hydrogen-bond donors (Lipinski definition) is 0. The molecule has 8 heteroatoms. The van der Waals surface area contributed by atoms with Gasteiger partial charge in [-0.05, 0) is 29.8 Å². The number of hydrogen-bond acceptors (Lipinski definition) is 5. The number of rotatable bonds is 5. The topological polar surface area (TPSA) is 71.3 Å². The molecule has 158 valence electrons. The van der Waals surface area contributed by atoms with Gasteiger partial charge in [0.15, 0.2) is 0 Å². The van der Waals surface area contributed by atoms with Gasteiger partial charge in [-0.3, -0.25) is 4.98 Å². The van der Waals surface area contributed by atoms with E-state index in [1.807, 2.05) is 36.4 Å². The average Bonchev–Trinajstić information content (AvgIpc) is 3.19. The van der Waals surface area contributed by atoms with Gasteiger partial charge in [0.1, 0.15) is 4.90 Å². The molecule has 1 fully saturated rings. The van der Waals surface area contributed by atoms with Gasteiger partial charge in [-0.2, -0.15) is 4.31 Å². The molecule has 2 aromatic heterocycles. The molecule has 1 aliphatic heterocycles. The van der Waals surface area contributed by atoms with Crippen LogP contribution >= 0.6 is 0 Å². The Morgan fingerprint density at radius 1 is 0.839 bits per heavy atom. The predicted octanol–water partition coefficient (Wildman–Crippen LogP) is 2.99. The van der Waals surface area contributed by atoms with Crippen molar-refractivity contribution in [1.29, 1.82) is 0 Å². The quantitative estimate of drug-likeness (QED) is 0.484. The molecule has 0 radical (unpaired) electrons. The minimum atomic E-state index is -3.53. The summed E-state index contributed by atoms with van der Waals surface area (Å²) in [7, 11) is -3.53. The van der Waals surface area contributed by atoms with Crippen molar-refractivity contribution in [3.63, 3.8) is 0 Å². The highest BCUT2D eigenvalue weighted by molar-refractivity contribution is 7.89. The van der Waals surface area contributed by atoms with Crippen LogP contribution in [0.3, 0.4) is 0 Å². The Bertz CT molecular complexity index is 1280. The predicted molar refractivity (Wildman–Crippen MR) is 120 cm³/mol. The van der Waals surface area contributed by atoms with Crippen molar-refractivity contribution in [3.05, 3.63) is 84.7 Å². The summed E-state index contributed by atoms with van der Waals surface area (Å²) in [6, 6.07) is 21.7. The van der Waals surface area contributed by atoms with Crippen molar-refractivity contribution in [3.8, 4) is 0 Å². The molecule has 0 unspecified atom stereocenters. The van der Waals surface area contributed by atoms with Crippen molar-refractivity contribution in [1.82, 2.24) is 18.8 Å². The molecule has 31 heavy (non-hydrogen) atoms. The molecule has 0 amide bonds. The Morgan fingerprint density at radius 2 is 1.58 bits per heavy atom. The Labute approximate surface area is 181 Å². The first kappa shape index (κ1) is 19.7. The normalized spacial score (nSPS) is 15.4. The molecular weight excluding hydrogens is 410 g/mol. The molecule has 0 N–H and O–H groups in total. The molecule has 1 aliphatic rings. The Kier molecular flexibility index (Phi) is 5.17. The van der Waals surface area contributed by atoms with Crippen LogP contribution in [0.1, 0.15) is 5.56 Å². The molecule has 2 aromatic carbocycles. The van der Waals surface area contributed by atoms with E-state index in [1.54, 1.807) is 18.3 Å². The minimum Gasteiger partial charge on any atom is -0.340 e. The van der Waals surface area contributed by atoms with Crippen LogP contribution in [-0.4, -0.2) is 53.4 Å². The number of fused-ring (bicyclic) bond motifs is 1. The highest BCUT2D eigenvalue weighted by atomic mass is 32.2. The van der Waals surface area contributed by atoms with Crippen LogP contribution in [0.2, 0.25) is 0 Å². The number of aromatic nitrogens is 3. The average molecular weight is 434 g/mol. The number of piperazine rings is 1. The molecule has 7 nitrogen and oxygen atoms in total. The van der Waals surface area contributed by atoms with Crippen molar-refractivity contribution < 1.29 is 8.42 Å². The van der Waals surface area contributed by atoms with Crippen LogP contribution in [0.4, 0.5) is 5.95 Å². The summed E-state index contributed by atoms with van der Waals surface area (Å²) in [5.74, 6) is 0.878. The van der Waals surface area contributed by atoms with Crippen LogP contribution in [0.25, 0.3) is 11.0 Å². The highest BCUT2D eigenvalue weighted by Crippen LogP contribution is 2.26. The van der Waals surface area contributed by atoms with Crippen LogP contribution in [0, 0.1) is 0 Å². The number of sulfonamides is 1. The SMILES string of the molecule is O=S(=O)(c1cccnc1)N1CCN(c2nc3ccccc3n2Cc2ccccc2)CC1. The van der Waals surface area contributed by atoms with E-state index in [4.69, 9.17) is 4.98 Å². The molecule has 0 spiro atoms. The number of anilines is 1. The van der Waals surface area contributed by atoms with Crippen molar-refractivity contribution in [2.75, 3.05) is 31.1 Å². The summed E-state index contributed by atoms with van der Waals surface area (Å²) in [6.45, 7) is 2.69.